The van der Waals surface area contributed by atoms with Crippen LogP contribution >= 0.6 is 22.6 Å². The summed E-state index contributed by atoms with van der Waals surface area (Å²) in [5.41, 5.74) is 0.351. The van der Waals surface area contributed by atoms with Gasteiger partial charge in [-0.05, 0) is 40.8 Å². The molecule has 8 heteroatoms. The molecule has 2 rings (SSSR count). The van der Waals surface area contributed by atoms with Crippen molar-refractivity contribution in [1.29, 1.82) is 0 Å². The molecule has 0 bridgehead atoms. The molecule has 1 unspecified atom stereocenters. The number of primary sulfonamides is 1. The number of rotatable bonds is 2. The van der Waals surface area contributed by atoms with Crippen molar-refractivity contribution in [1.82, 2.24) is 0 Å². The Hall–Kier alpha value is -0.740. The van der Waals surface area contributed by atoms with Gasteiger partial charge in [-0.3, -0.25) is 4.79 Å². The first kappa shape index (κ1) is 13.7. The smallest absolute Gasteiger partial charge is 0.228 e. The first-order chi connectivity index (χ1) is 8.29. The second-order valence-corrected chi connectivity index (χ2v) is 7.02. The Balaban J connectivity index is 2.30. The van der Waals surface area contributed by atoms with Crippen molar-refractivity contribution < 1.29 is 17.6 Å². The molecule has 5 nitrogen and oxygen atoms in total. The van der Waals surface area contributed by atoms with E-state index in [1.54, 1.807) is 6.07 Å². The molecule has 18 heavy (non-hydrogen) atoms. The number of carbonyl (C=O) groups is 1. The van der Waals surface area contributed by atoms with Gasteiger partial charge in [0.2, 0.25) is 15.9 Å². The zero-order valence-corrected chi connectivity index (χ0v) is 12.1. The van der Waals surface area contributed by atoms with Gasteiger partial charge >= 0.3 is 0 Å². The minimum atomic E-state index is -3.75. The minimum absolute atomic E-state index is 0.0301. The third-order valence-electron chi connectivity index (χ3n) is 2.77. The number of hydrogen-bond acceptors (Lipinski definition) is 3. The van der Waals surface area contributed by atoms with Gasteiger partial charge in [-0.2, -0.15) is 0 Å². The van der Waals surface area contributed by atoms with E-state index in [0.717, 1.165) is 0 Å². The van der Waals surface area contributed by atoms with Crippen LogP contribution in [0.3, 0.4) is 0 Å². The quantitative estimate of drug-likeness (QED) is 0.767. The molecule has 1 aliphatic heterocycles. The van der Waals surface area contributed by atoms with Crippen molar-refractivity contribution in [2.45, 2.75) is 11.7 Å². The first-order valence-electron chi connectivity index (χ1n) is 5.06. The van der Waals surface area contributed by atoms with Crippen molar-refractivity contribution >= 4 is 44.2 Å². The van der Waals surface area contributed by atoms with Crippen LogP contribution in [0.15, 0.2) is 18.2 Å². The number of amides is 1. The lowest BCUT2D eigenvalue weighted by atomic mass is 10.3. The van der Waals surface area contributed by atoms with Gasteiger partial charge in [0.25, 0.3) is 0 Å². The van der Waals surface area contributed by atoms with Crippen LogP contribution in [0.4, 0.5) is 10.1 Å². The highest BCUT2D eigenvalue weighted by Gasteiger charge is 2.37. The van der Waals surface area contributed by atoms with Gasteiger partial charge in [0.1, 0.15) is 11.1 Å². The van der Waals surface area contributed by atoms with Crippen molar-refractivity contribution in [2.24, 2.45) is 5.14 Å². The maximum atomic E-state index is 13.4. The number of hydrogen-bond donors (Lipinski definition) is 1. The van der Waals surface area contributed by atoms with Crippen LogP contribution in [0.25, 0.3) is 0 Å². The summed E-state index contributed by atoms with van der Waals surface area (Å²) in [6.07, 6.45) is -0.160. The van der Waals surface area contributed by atoms with Crippen molar-refractivity contribution in [3.05, 3.63) is 27.6 Å². The molecule has 1 aromatic rings. The van der Waals surface area contributed by atoms with E-state index in [0.29, 0.717) is 9.26 Å². The van der Waals surface area contributed by atoms with Crippen LogP contribution in [0.1, 0.15) is 6.42 Å². The molecule has 1 saturated heterocycles. The average Bonchev–Trinajstić information content (AvgIpc) is 2.64. The van der Waals surface area contributed by atoms with Gasteiger partial charge in [-0.15, -0.1) is 0 Å². The monoisotopic (exact) mass is 384 g/mol. The lowest BCUT2D eigenvalue weighted by molar-refractivity contribution is -0.117. The highest BCUT2D eigenvalue weighted by Crippen LogP contribution is 2.26. The van der Waals surface area contributed by atoms with E-state index in [2.05, 4.69) is 0 Å². The number of halogens is 2. The fraction of sp³-hybridized carbons (Fsp3) is 0.300. The maximum absolute atomic E-state index is 13.4. The second-order valence-electron chi connectivity index (χ2n) is 4.02. The van der Waals surface area contributed by atoms with Crippen molar-refractivity contribution in [2.75, 3.05) is 11.4 Å². The van der Waals surface area contributed by atoms with E-state index in [1.807, 2.05) is 22.6 Å². The molecule has 0 saturated carbocycles. The molecular weight excluding hydrogens is 374 g/mol. The third-order valence-corrected chi connectivity index (χ3v) is 4.89. The van der Waals surface area contributed by atoms with E-state index in [-0.39, 0.29) is 18.9 Å². The third kappa shape index (κ3) is 2.64. The molecule has 0 spiro atoms. The van der Waals surface area contributed by atoms with E-state index in [1.165, 1.54) is 17.0 Å². The van der Waals surface area contributed by atoms with Crippen LogP contribution < -0.4 is 10.0 Å². The topological polar surface area (TPSA) is 80.5 Å². The largest absolute Gasteiger partial charge is 0.311 e. The summed E-state index contributed by atoms with van der Waals surface area (Å²) < 4.78 is 36.2. The summed E-state index contributed by atoms with van der Waals surface area (Å²) in [4.78, 5) is 13.0. The number of nitrogens with two attached hydrogens (primary N) is 1. The van der Waals surface area contributed by atoms with Crippen molar-refractivity contribution in [3.8, 4) is 0 Å². The standard InChI is InChI=1S/C10H10FIN2O3S/c11-8-3-6(1-2-9(8)12)14-5-7(4-10(14)15)18(13,16)17/h1-3,7H,4-5H2,(H2,13,16,17). The zero-order valence-electron chi connectivity index (χ0n) is 9.14. The van der Waals surface area contributed by atoms with E-state index >= 15 is 0 Å². The Morgan fingerprint density at radius 1 is 1.44 bits per heavy atom. The average molecular weight is 384 g/mol. The molecule has 98 valence electrons. The molecule has 1 heterocycles. The van der Waals surface area contributed by atoms with Crippen LogP contribution in [0, 0.1) is 9.39 Å². The lowest BCUT2D eigenvalue weighted by Gasteiger charge is -2.16. The summed E-state index contributed by atoms with van der Waals surface area (Å²) >= 11 is 1.83. The summed E-state index contributed by atoms with van der Waals surface area (Å²) in [5, 5.41) is 4.09. The first-order valence-corrected chi connectivity index (χ1v) is 7.75. The van der Waals surface area contributed by atoms with Crippen LogP contribution in [0.5, 0.6) is 0 Å². The van der Waals surface area contributed by atoms with E-state index in [9.17, 15) is 17.6 Å². The molecule has 0 radical (unpaired) electrons. The fourth-order valence-electron chi connectivity index (χ4n) is 1.80. The molecule has 1 fully saturated rings. The predicted molar refractivity (Wildman–Crippen MR) is 73.0 cm³/mol. The highest BCUT2D eigenvalue weighted by atomic mass is 127. The Bertz CT molecular complexity index is 605. The SMILES string of the molecule is NS(=O)(=O)C1CC(=O)N(c2ccc(I)c(F)c2)C1. The molecule has 1 amide bonds. The fourth-order valence-corrected chi connectivity index (χ4v) is 2.86. The summed E-state index contributed by atoms with van der Waals surface area (Å²) in [6.45, 7) is -0.0301. The van der Waals surface area contributed by atoms with E-state index in [4.69, 9.17) is 5.14 Å². The number of sulfonamides is 1. The number of benzene rings is 1. The number of anilines is 1. The minimum Gasteiger partial charge on any atom is -0.311 e. The summed E-state index contributed by atoms with van der Waals surface area (Å²) in [6, 6.07) is 4.32. The second kappa shape index (κ2) is 4.74. The molecular formula is C10H10FIN2O3S. The van der Waals surface area contributed by atoms with Gasteiger partial charge in [0, 0.05) is 22.2 Å². The molecule has 0 aliphatic carbocycles. The molecule has 1 aliphatic rings. The summed E-state index contributed by atoms with van der Waals surface area (Å²) in [5.74, 6) is -0.811. The zero-order chi connectivity index (χ0) is 13.5. The Morgan fingerprint density at radius 3 is 2.61 bits per heavy atom. The highest BCUT2D eigenvalue weighted by molar-refractivity contribution is 14.1. The maximum Gasteiger partial charge on any atom is 0.228 e. The molecule has 1 atom stereocenters. The van der Waals surface area contributed by atoms with Crippen LogP contribution in [-0.4, -0.2) is 26.1 Å². The number of nitrogens with zero attached hydrogens (tertiary/aromatic N) is 1. The molecule has 1 aromatic carbocycles. The van der Waals surface area contributed by atoms with Gasteiger partial charge in [-0.25, -0.2) is 17.9 Å². The number of carbonyl (C=O) groups excluding carboxylic acids is 1. The van der Waals surface area contributed by atoms with Gasteiger partial charge in [0.15, 0.2) is 0 Å². The van der Waals surface area contributed by atoms with Gasteiger partial charge in [-0.1, -0.05) is 0 Å². The molecule has 0 aromatic heterocycles. The Labute approximate surface area is 117 Å². The lowest BCUT2D eigenvalue weighted by Crippen LogP contribution is -2.32. The van der Waals surface area contributed by atoms with Gasteiger partial charge in [0.05, 0.1) is 0 Å². The van der Waals surface area contributed by atoms with E-state index < -0.39 is 21.1 Å². The normalized spacial score (nSPS) is 20.5. The summed E-state index contributed by atoms with van der Waals surface area (Å²) in [7, 11) is -3.75. The molecule has 2 N–H and O–H groups in total. The van der Waals surface area contributed by atoms with Crippen LogP contribution in [0.2, 0.25) is 0 Å². The predicted octanol–water partition coefficient (Wildman–Crippen LogP) is 0.824. The Kier molecular flexibility index (Phi) is 3.60. The van der Waals surface area contributed by atoms with Gasteiger partial charge < -0.3 is 4.90 Å². The Morgan fingerprint density at radius 2 is 2.11 bits per heavy atom. The van der Waals surface area contributed by atoms with Crippen molar-refractivity contribution in [3.63, 3.8) is 0 Å². The van der Waals surface area contributed by atoms with Crippen LogP contribution in [-0.2, 0) is 14.8 Å².